The molecule has 0 aliphatic carbocycles. The normalized spacial score (nSPS) is 16.8. The van der Waals surface area contributed by atoms with Gasteiger partial charge in [0.15, 0.2) is 0 Å². The molecule has 5 heterocycles. The molecular weight excluding hydrogens is 525 g/mol. The number of H-pyrrole nitrogens is 1. The van der Waals surface area contributed by atoms with Crippen LogP contribution in [0.2, 0.25) is 10.0 Å². The molecule has 0 radical (unpaired) electrons. The molecule has 1 atom stereocenters. The molecular formula is C27H27Cl2N7O2. The number of nitrogens with zero attached hydrogens (tertiary/aromatic N) is 6. The van der Waals surface area contributed by atoms with Gasteiger partial charge < -0.3 is 19.4 Å². The molecule has 9 nitrogen and oxygen atoms in total. The van der Waals surface area contributed by atoms with Gasteiger partial charge >= 0.3 is 6.03 Å². The van der Waals surface area contributed by atoms with Crippen molar-refractivity contribution in [2.45, 2.75) is 13.0 Å². The SMILES string of the molecule is C[C@@H](Oc1ccc2[nH]nc(-c3ccc(N4CC5(CN(C(=O)N(C)C)C5)C4)nc3)c2c1)c1c(Cl)cncc1Cl. The van der Waals surface area contributed by atoms with Gasteiger partial charge in [-0.25, -0.2) is 9.78 Å². The number of hydrogen-bond donors (Lipinski definition) is 1. The van der Waals surface area contributed by atoms with Crippen LogP contribution in [0.4, 0.5) is 10.6 Å². The molecule has 2 fully saturated rings. The van der Waals surface area contributed by atoms with E-state index < -0.39 is 0 Å². The highest BCUT2D eigenvalue weighted by Crippen LogP contribution is 2.42. The summed E-state index contributed by atoms with van der Waals surface area (Å²) in [5, 5.41) is 9.49. The number of rotatable bonds is 5. The molecule has 1 aromatic carbocycles. The fourth-order valence-corrected chi connectivity index (χ4v) is 6.05. The molecule has 1 N–H and O–H groups in total. The molecule has 2 saturated heterocycles. The van der Waals surface area contributed by atoms with E-state index in [4.69, 9.17) is 32.9 Å². The van der Waals surface area contributed by atoms with Gasteiger partial charge in [-0.3, -0.25) is 10.1 Å². The number of carbonyl (C=O) groups is 1. The molecule has 196 valence electrons. The molecule has 6 rings (SSSR count). The minimum atomic E-state index is -0.365. The summed E-state index contributed by atoms with van der Waals surface area (Å²) in [4.78, 5) is 26.6. The fraction of sp³-hybridized carbons (Fsp3) is 0.333. The van der Waals surface area contributed by atoms with Crippen LogP contribution in [0.3, 0.4) is 0 Å². The van der Waals surface area contributed by atoms with Crippen LogP contribution in [0.1, 0.15) is 18.6 Å². The molecule has 11 heteroatoms. The molecule has 2 aliphatic rings. The highest BCUT2D eigenvalue weighted by Gasteiger charge is 2.53. The second kappa shape index (κ2) is 9.32. The number of ether oxygens (including phenoxy) is 1. The first-order chi connectivity index (χ1) is 18.2. The zero-order valence-electron chi connectivity index (χ0n) is 21.3. The highest BCUT2D eigenvalue weighted by atomic mass is 35.5. The molecule has 4 aromatic rings. The van der Waals surface area contributed by atoms with Crippen molar-refractivity contribution in [3.8, 4) is 17.0 Å². The third kappa shape index (κ3) is 4.29. The highest BCUT2D eigenvalue weighted by molar-refractivity contribution is 6.35. The maximum absolute atomic E-state index is 12.1. The van der Waals surface area contributed by atoms with Crippen LogP contribution >= 0.6 is 23.2 Å². The Bertz CT molecular complexity index is 1490. The summed E-state index contributed by atoms with van der Waals surface area (Å²) >= 11 is 12.6. The van der Waals surface area contributed by atoms with Crippen LogP contribution in [0.15, 0.2) is 48.9 Å². The fourth-order valence-electron chi connectivity index (χ4n) is 5.38. The molecule has 38 heavy (non-hydrogen) atoms. The predicted molar refractivity (Wildman–Crippen MR) is 148 cm³/mol. The largest absolute Gasteiger partial charge is 0.486 e. The maximum atomic E-state index is 12.1. The topological polar surface area (TPSA) is 90.5 Å². The second-order valence-corrected chi connectivity index (χ2v) is 11.2. The lowest BCUT2D eigenvalue weighted by Crippen LogP contribution is -2.73. The zero-order valence-corrected chi connectivity index (χ0v) is 22.8. The number of pyridine rings is 2. The van der Waals surface area contributed by atoms with Gasteiger partial charge in [-0.15, -0.1) is 0 Å². The Morgan fingerprint density at radius 3 is 2.47 bits per heavy atom. The lowest BCUT2D eigenvalue weighted by atomic mass is 9.73. The second-order valence-electron chi connectivity index (χ2n) is 10.4. The van der Waals surface area contributed by atoms with E-state index >= 15 is 0 Å². The van der Waals surface area contributed by atoms with E-state index in [0.717, 1.165) is 54.2 Å². The standard InChI is InChI=1S/C27H27Cl2N7O2/c1-16(24-20(28)10-30-11-21(24)29)38-18-5-6-22-19(8-18)25(33-32-22)17-4-7-23(31-9-17)35-12-27(13-35)14-36(15-27)26(37)34(2)3/h4-11,16H,12-15H2,1-3H3,(H,32,33)/t16-/m1/s1. The number of halogens is 2. The summed E-state index contributed by atoms with van der Waals surface area (Å²) in [6, 6.07) is 9.93. The number of hydrogen-bond acceptors (Lipinski definition) is 6. The van der Waals surface area contributed by atoms with Crippen molar-refractivity contribution in [3.05, 3.63) is 64.5 Å². The van der Waals surface area contributed by atoms with Crippen molar-refractivity contribution in [3.63, 3.8) is 0 Å². The average Bonchev–Trinajstić information content (AvgIpc) is 3.25. The summed E-state index contributed by atoms with van der Waals surface area (Å²) in [5.41, 5.74) is 3.50. The van der Waals surface area contributed by atoms with Gasteiger partial charge in [-0.05, 0) is 37.3 Å². The van der Waals surface area contributed by atoms with Crippen LogP contribution in [-0.4, -0.2) is 76.3 Å². The van der Waals surface area contributed by atoms with Gasteiger partial charge in [-0.1, -0.05) is 23.2 Å². The number of benzene rings is 1. The van der Waals surface area contributed by atoms with Gasteiger partial charge in [-0.2, -0.15) is 5.10 Å². The lowest BCUT2D eigenvalue weighted by Gasteiger charge is -2.60. The first-order valence-electron chi connectivity index (χ1n) is 12.3. The Morgan fingerprint density at radius 1 is 1.08 bits per heavy atom. The summed E-state index contributed by atoms with van der Waals surface area (Å²) in [7, 11) is 3.58. The van der Waals surface area contributed by atoms with Crippen LogP contribution in [0.25, 0.3) is 22.2 Å². The molecule has 1 spiro atoms. The van der Waals surface area contributed by atoms with Gasteiger partial charge in [0, 0.05) is 80.8 Å². The molecule has 0 bridgehead atoms. The first kappa shape index (κ1) is 24.8. The summed E-state index contributed by atoms with van der Waals surface area (Å²) in [5.74, 6) is 1.61. The Morgan fingerprint density at radius 2 is 1.82 bits per heavy atom. The summed E-state index contributed by atoms with van der Waals surface area (Å²) < 4.78 is 6.19. The number of aromatic nitrogens is 4. The van der Waals surface area contributed by atoms with E-state index in [1.54, 1.807) is 31.4 Å². The number of urea groups is 1. The molecule has 0 unspecified atom stereocenters. The monoisotopic (exact) mass is 551 g/mol. The van der Waals surface area contributed by atoms with E-state index in [1.807, 2.05) is 48.4 Å². The smallest absolute Gasteiger partial charge is 0.319 e. The Labute approximate surface area is 230 Å². The van der Waals surface area contributed by atoms with E-state index in [2.05, 4.69) is 20.1 Å². The number of nitrogens with one attached hydrogen (secondary N) is 1. The number of anilines is 1. The maximum Gasteiger partial charge on any atom is 0.319 e. The third-order valence-electron chi connectivity index (χ3n) is 7.25. The number of fused-ring (bicyclic) bond motifs is 1. The van der Waals surface area contributed by atoms with Crippen molar-refractivity contribution in [1.82, 2.24) is 30.0 Å². The first-order valence-corrected chi connectivity index (χ1v) is 13.1. The van der Waals surface area contributed by atoms with E-state index in [-0.39, 0.29) is 17.6 Å². The summed E-state index contributed by atoms with van der Waals surface area (Å²) in [6.45, 7) is 5.33. The minimum absolute atomic E-state index is 0.0794. The van der Waals surface area contributed by atoms with Crippen LogP contribution in [0.5, 0.6) is 5.75 Å². The Balaban J connectivity index is 1.15. The minimum Gasteiger partial charge on any atom is -0.486 e. The molecule has 0 saturated carbocycles. The molecule has 2 amide bonds. The van der Waals surface area contributed by atoms with Crippen molar-refractivity contribution in [2.75, 3.05) is 45.2 Å². The lowest BCUT2D eigenvalue weighted by molar-refractivity contribution is -0.000503. The Hall–Kier alpha value is -3.56. The van der Waals surface area contributed by atoms with E-state index in [9.17, 15) is 4.79 Å². The van der Waals surface area contributed by atoms with Crippen molar-refractivity contribution >= 4 is 46.0 Å². The van der Waals surface area contributed by atoms with Gasteiger partial charge in [0.2, 0.25) is 0 Å². The zero-order chi connectivity index (χ0) is 26.6. The number of amides is 2. The van der Waals surface area contributed by atoms with Crippen molar-refractivity contribution in [1.29, 1.82) is 0 Å². The van der Waals surface area contributed by atoms with Crippen LogP contribution < -0.4 is 9.64 Å². The third-order valence-corrected chi connectivity index (χ3v) is 7.85. The van der Waals surface area contributed by atoms with Crippen LogP contribution in [-0.2, 0) is 0 Å². The van der Waals surface area contributed by atoms with Crippen LogP contribution in [0, 0.1) is 5.41 Å². The Kier molecular flexibility index (Phi) is 6.07. The van der Waals surface area contributed by atoms with Crippen molar-refractivity contribution in [2.24, 2.45) is 5.41 Å². The number of carbonyl (C=O) groups excluding carboxylic acids is 1. The molecule has 3 aromatic heterocycles. The number of aromatic amines is 1. The van der Waals surface area contributed by atoms with E-state index in [1.165, 1.54) is 0 Å². The van der Waals surface area contributed by atoms with Gasteiger partial charge in [0.25, 0.3) is 0 Å². The predicted octanol–water partition coefficient (Wildman–Crippen LogP) is 5.27. The van der Waals surface area contributed by atoms with Crippen molar-refractivity contribution < 1.29 is 9.53 Å². The van der Waals surface area contributed by atoms with E-state index in [0.29, 0.717) is 21.4 Å². The molecule has 2 aliphatic heterocycles. The van der Waals surface area contributed by atoms with Gasteiger partial charge in [0.05, 0.1) is 15.6 Å². The quantitative estimate of drug-likeness (QED) is 0.363. The van der Waals surface area contributed by atoms with Gasteiger partial charge in [0.1, 0.15) is 23.4 Å². The number of likely N-dealkylation sites (tertiary alicyclic amines) is 1. The average molecular weight is 552 g/mol. The summed E-state index contributed by atoms with van der Waals surface area (Å²) in [6.07, 6.45) is 4.61.